The zero-order valence-corrected chi connectivity index (χ0v) is 30.8. The summed E-state index contributed by atoms with van der Waals surface area (Å²) in [4.78, 5) is 24.8. The minimum Gasteiger partial charge on any atom is -0.455 e. The predicted octanol–water partition coefficient (Wildman–Crippen LogP) is 8.26. The first-order valence-electron chi connectivity index (χ1n) is 14.9. The molecule has 2 rings (SSSR count). The molecule has 2 aliphatic heterocycles. The van der Waals surface area contributed by atoms with Crippen LogP contribution in [0, 0.1) is 11.8 Å². The highest BCUT2D eigenvalue weighted by Crippen LogP contribution is 2.41. The lowest BCUT2D eigenvalue weighted by Crippen LogP contribution is -2.63. The molecule has 0 aromatic carbocycles. The Morgan fingerprint density at radius 3 is 2.24 bits per heavy atom. The molecule has 0 aromatic heterocycles. The molecule has 0 aromatic rings. The molecule has 0 radical (unpaired) electrons. The van der Waals surface area contributed by atoms with Gasteiger partial charge in [-0.25, -0.2) is 4.79 Å². The summed E-state index contributed by atoms with van der Waals surface area (Å²) < 4.78 is 38.8. The molecule has 0 aliphatic carbocycles. The van der Waals surface area contributed by atoms with Gasteiger partial charge in [-0.05, 0) is 73.9 Å². The van der Waals surface area contributed by atoms with Gasteiger partial charge < -0.3 is 28.1 Å². The quantitative estimate of drug-likeness (QED) is 0.0814. The first-order chi connectivity index (χ1) is 19.3. The number of hydrogen-bond acceptors (Lipinski definition) is 8. The van der Waals surface area contributed by atoms with Crippen LogP contribution in [0.4, 0.5) is 4.79 Å². The summed E-state index contributed by atoms with van der Waals surface area (Å²) in [6.07, 6.45) is 0.832. The maximum Gasteiger partial charge on any atom is 0.509 e. The molecular weight excluding hydrogens is 667 g/mol. The van der Waals surface area contributed by atoms with Crippen LogP contribution < -0.4 is 0 Å². The van der Waals surface area contributed by atoms with Gasteiger partial charge in [0.25, 0.3) is 0 Å². The van der Waals surface area contributed by atoms with Gasteiger partial charge in [0.1, 0.15) is 5.60 Å². The second-order valence-electron chi connectivity index (χ2n) is 13.8. The molecule has 0 spiro atoms. The van der Waals surface area contributed by atoms with E-state index in [1.54, 1.807) is 27.7 Å². The van der Waals surface area contributed by atoms with Crippen molar-refractivity contribution < 1.29 is 37.7 Å². The minimum atomic E-state index is -2.03. The third kappa shape index (κ3) is 8.92. The average Bonchev–Trinajstić information content (AvgIpc) is 3.27. The molecule has 240 valence electrons. The summed E-state index contributed by atoms with van der Waals surface area (Å²) in [6.45, 7) is 28.6. The van der Waals surface area contributed by atoms with E-state index in [0.717, 1.165) is 17.6 Å². The fourth-order valence-corrected chi connectivity index (χ4v) is 6.56. The number of halogens is 1. The van der Waals surface area contributed by atoms with E-state index in [-0.39, 0.29) is 29.1 Å². The summed E-state index contributed by atoms with van der Waals surface area (Å²) in [5.74, 6) is -0.774. The van der Waals surface area contributed by atoms with Gasteiger partial charge in [-0.1, -0.05) is 76.3 Å². The van der Waals surface area contributed by atoms with Crippen LogP contribution in [-0.4, -0.2) is 62.9 Å². The van der Waals surface area contributed by atoms with Crippen molar-refractivity contribution in [3.05, 3.63) is 34.0 Å². The number of hydrogen-bond donors (Lipinski definition) is 0. The van der Waals surface area contributed by atoms with Crippen molar-refractivity contribution in [3.8, 4) is 0 Å². The van der Waals surface area contributed by atoms with Crippen molar-refractivity contribution in [1.29, 1.82) is 0 Å². The standard InChI is InChI=1S/C32H53IO8Si/c1-14-16-23(41-42(12,13)31(7,8)9)20(5)17-22(15-2)24(21(6)18-33)36-29-26-25(37-30(35)38-26)27(32(10,11)40-29)39-28(34)19(3)4/h14,17-19,22-27,29H,1,15-16H2,2-13H3/b20-17+,21-18+/t22-,23-,24-,25+,26-,27-,29+/m0/s1. The van der Waals surface area contributed by atoms with Gasteiger partial charge in [0.2, 0.25) is 0 Å². The largest absolute Gasteiger partial charge is 0.509 e. The van der Waals surface area contributed by atoms with E-state index in [9.17, 15) is 9.59 Å². The fraction of sp³-hybridized carbons (Fsp3) is 0.750. The molecule has 2 heterocycles. The summed E-state index contributed by atoms with van der Waals surface area (Å²) >= 11 is 2.22. The summed E-state index contributed by atoms with van der Waals surface area (Å²) in [6, 6.07) is 0. The average molecular weight is 721 g/mol. The number of fused-ring (bicyclic) bond motifs is 1. The van der Waals surface area contributed by atoms with Gasteiger partial charge in [0, 0.05) is 5.92 Å². The second kappa shape index (κ2) is 14.7. The Hall–Kier alpha value is -1.21. The van der Waals surface area contributed by atoms with E-state index in [1.807, 2.05) is 17.1 Å². The SMILES string of the molecule is C=CC[C@H](O[Si](C)(C)C(C)(C)C)/C(C)=C/[C@H](CC)[C@@H](O[C@@H]1OC(C)(C)[C@@H](OC(=O)C(C)C)[C@@H]2OC(=O)O[C@H]12)/C(C)=C/I. The highest BCUT2D eigenvalue weighted by Gasteiger charge is 2.60. The molecule has 0 bridgehead atoms. The predicted molar refractivity (Wildman–Crippen MR) is 176 cm³/mol. The maximum atomic E-state index is 12.5. The van der Waals surface area contributed by atoms with Crippen LogP contribution in [0.15, 0.2) is 34.0 Å². The molecule has 2 fully saturated rings. The topological polar surface area (TPSA) is 89.5 Å². The van der Waals surface area contributed by atoms with Gasteiger partial charge in [-0.3, -0.25) is 4.79 Å². The van der Waals surface area contributed by atoms with E-state index in [4.69, 9.17) is 28.1 Å². The highest BCUT2D eigenvalue weighted by atomic mass is 127. The first kappa shape index (κ1) is 37.0. The van der Waals surface area contributed by atoms with E-state index < -0.39 is 50.6 Å². The number of rotatable bonds is 13. The zero-order valence-electron chi connectivity index (χ0n) is 27.6. The van der Waals surface area contributed by atoms with Crippen molar-refractivity contribution in [2.45, 2.75) is 143 Å². The summed E-state index contributed by atoms with van der Waals surface area (Å²) in [5, 5.41) is 0.0762. The lowest BCUT2D eigenvalue weighted by atomic mass is 9.88. The first-order valence-corrected chi connectivity index (χ1v) is 19.1. The molecule has 0 N–H and O–H groups in total. The third-order valence-electron chi connectivity index (χ3n) is 8.55. The number of carbonyl (C=O) groups excluding carboxylic acids is 2. The summed E-state index contributed by atoms with van der Waals surface area (Å²) in [7, 11) is -2.03. The van der Waals surface area contributed by atoms with Gasteiger partial charge in [0.05, 0.1) is 18.1 Å². The minimum absolute atomic E-state index is 0.0222. The highest BCUT2D eigenvalue weighted by molar-refractivity contribution is 14.1. The number of carbonyl (C=O) groups is 2. The number of ether oxygens (including phenoxy) is 5. The lowest BCUT2D eigenvalue weighted by Gasteiger charge is -2.46. The molecule has 0 unspecified atom stereocenters. The molecule has 8 nitrogen and oxygen atoms in total. The molecule has 42 heavy (non-hydrogen) atoms. The van der Waals surface area contributed by atoms with E-state index in [1.165, 1.54) is 0 Å². The van der Waals surface area contributed by atoms with Crippen molar-refractivity contribution >= 4 is 43.0 Å². The number of esters is 1. The Labute approximate surface area is 268 Å². The van der Waals surface area contributed by atoms with Crippen LogP contribution in [0.3, 0.4) is 0 Å². The smallest absolute Gasteiger partial charge is 0.455 e. The molecular formula is C32H53IO8Si. The Morgan fingerprint density at radius 1 is 1.14 bits per heavy atom. The monoisotopic (exact) mass is 720 g/mol. The van der Waals surface area contributed by atoms with Crippen molar-refractivity contribution in [1.82, 2.24) is 0 Å². The molecule has 10 heteroatoms. The Morgan fingerprint density at radius 2 is 1.74 bits per heavy atom. The second-order valence-corrected chi connectivity index (χ2v) is 19.2. The van der Waals surface area contributed by atoms with E-state index in [2.05, 4.69) is 83.0 Å². The van der Waals surface area contributed by atoms with Gasteiger partial charge in [-0.2, -0.15) is 0 Å². The zero-order chi connectivity index (χ0) is 32.2. The van der Waals surface area contributed by atoms with Crippen LogP contribution in [-0.2, 0) is 32.9 Å². The van der Waals surface area contributed by atoms with Crippen molar-refractivity contribution in [2.75, 3.05) is 0 Å². The Kier molecular flexibility index (Phi) is 13.0. The molecule has 0 amide bonds. The maximum absolute atomic E-state index is 12.5. The van der Waals surface area contributed by atoms with E-state index >= 15 is 0 Å². The Bertz CT molecular complexity index is 1030. The summed E-state index contributed by atoms with van der Waals surface area (Å²) in [5.41, 5.74) is 1.13. The third-order valence-corrected chi connectivity index (χ3v) is 14.0. The molecule has 2 saturated heterocycles. The van der Waals surface area contributed by atoms with Gasteiger partial charge in [-0.15, -0.1) is 6.58 Å². The van der Waals surface area contributed by atoms with Crippen LogP contribution in [0.1, 0.15) is 82.1 Å². The van der Waals surface area contributed by atoms with Crippen LogP contribution in [0.5, 0.6) is 0 Å². The van der Waals surface area contributed by atoms with Gasteiger partial charge in [0.15, 0.2) is 32.9 Å². The van der Waals surface area contributed by atoms with Crippen LogP contribution in [0.2, 0.25) is 18.1 Å². The lowest BCUT2D eigenvalue weighted by molar-refractivity contribution is -0.314. The molecule has 0 saturated carbocycles. The van der Waals surface area contributed by atoms with Crippen LogP contribution >= 0.6 is 22.6 Å². The van der Waals surface area contributed by atoms with E-state index in [0.29, 0.717) is 6.42 Å². The van der Waals surface area contributed by atoms with Crippen molar-refractivity contribution in [3.63, 3.8) is 0 Å². The van der Waals surface area contributed by atoms with Crippen molar-refractivity contribution in [2.24, 2.45) is 11.8 Å². The molecule has 2 aliphatic rings. The molecule has 7 atom stereocenters. The fourth-order valence-electron chi connectivity index (χ4n) is 4.86. The normalized spacial score (nSPS) is 27.0. The Balaban J connectivity index is 2.42. The van der Waals surface area contributed by atoms with Crippen LogP contribution in [0.25, 0.3) is 0 Å². The van der Waals surface area contributed by atoms with Gasteiger partial charge >= 0.3 is 12.1 Å².